The van der Waals surface area contributed by atoms with Gasteiger partial charge in [-0.05, 0) is 36.8 Å². The third kappa shape index (κ3) is 3.96. The molecule has 0 bridgehead atoms. The van der Waals surface area contributed by atoms with Crippen molar-refractivity contribution in [2.45, 2.75) is 19.4 Å². The number of nitrogens with one attached hydrogen (secondary N) is 1. The van der Waals surface area contributed by atoms with Gasteiger partial charge < -0.3 is 5.32 Å². The normalized spacial score (nSPS) is 12.6. The fourth-order valence-electron chi connectivity index (χ4n) is 1.97. The predicted octanol–water partition coefficient (Wildman–Crippen LogP) is 3.62. The smallest absolute Gasteiger partial charge is 0.0637 e. The van der Waals surface area contributed by atoms with Crippen LogP contribution in [0.5, 0.6) is 0 Å². The molecule has 3 nitrogen and oxygen atoms in total. The molecule has 19 heavy (non-hydrogen) atoms. The number of aromatic nitrogens is 2. The molecule has 0 spiro atoms. The Balaban J connectivity index is 1.90. The van der Waals surface area contributed by atoms with Gasteiger partial charge in [0.1, 0.15) is 0 Å². The molecule has 0 amide bonds. The molecule has 1 heterocycles. The zero-order valence-corrected chi connectivity index (χ0v) is 12.5. The summed E-state index contributed by atoms with van der Waals surface area (Å²) in [5.41, 5.74) is 2.11. The molecular weight excluding hydrogens is 281 g/mol. The first-order valence-electron chi connectivity index (χ1n) is 6.23. The topological polar surface area (TPSA) is 29.9 Å². The van der Waals surface area contributed by atoms with Crippen molar-refractivity contribution in [3.63, 3.8) is 0 Å². The largest absolute Gasteiger partial charge is 0.310 e. The van der Waals surface area contributed by atoms with Crippen LogP contribution in [-0.2, 0) is 13.5 Å². The molecule has 102 valence electrons. The lowest BCUT2D eigenvalue weighted by Crippen LogP contribution is -2.21. The standard InChI is InChI=1S/C14H17Cl2N3/c1-10(13-9-11(15)3-4-14(13)16)17-7-5-12-6-8-19(2)18-12/h3-4,6,8-10,17H,5,7H2,1-2H3. The van der Waals surface area contributed by atoms with E-state index in [9.17, 15) is 0 Å². The number of nitrogens with zero attached hydrogens (tertiary/aromatic N) is 2. The van der Waals surface area contributed by atoms with Crippen LogP contribution in [0.15, 0.2) is 30.5 Å². The Morgan fingerprint density at radius 2 is 2.11 bits per heavy atom. The van der Waals surface area contributed by atoms with Crippen LogP contribution in [0.4, 0.5) is 0 Å². The van der Waals surface area contributed by atoms with Gasteiger partial charge in [0.05, 0.1) is 5.69 Å². The van der Waals surface area contributed by atoms with Crippen molar-refractivity contribution in [1.82, 2.24) is 15.1 Å². The van der Waals surface area contributed by atoms with Crippen molar-refractivity contribution in [3.05, 3.63) is 51.8 Å². The van der Waals surface area contributed by atoms with Crippen LogP contribution in [0.25, 0.3) is 0 Å². The Hall–Kier alpha value is -1.03. The van der Waals surface area contributed by atoms with Gasteiger partial charge in [0.25, 0.3) is 0 Å². The van der Waals surface area contributed by atoms with Crippen molar-refractivity contribution in [2.75, 3.05) is 6.54 Å². The average Bonchev–Trinajstić information content (AvgIpc) is 2.78. The number of hydrogen-bond donors (Lipinski definition) is 1. The van der Waals surface area contributed by atoms with E-state index >= 15 is 0 Å². The van der Waals surface area contributed by atoms with Gasteiger partial charge in [-0.15, -0.1) is 0 Å². The maximum absolute atomic E-state index is 6.18. The van der Waals surface area contributed by atoms with Crippen molar-refractivity contribution < 1.29 is 0 Å². The average molecular weight is 298 g/mol. The van der Waals surface area contributed by atoms with E-state index in [2.05, 4.69) is 17.3 Å². The predicted molar refractivity (Wildman–Crippen MR) is 79.8 cm³/mol. The van der Waals surface area contributed by atoms with Gasteiger partial charge in [0, 0.05) is 42.3 Å². The van der Waals surface area contributed by atoms with E-state index in [1.165, 1.54) is 0 Å². The second-order valence-electron chi connectivity index (χ2n) is 4.57. The van der Waals surface area contributed by atoms with E-state index in [4.69, 9.17) is 23.2 Å². The highest BCUT2D eigenvalue weighted by Gasteiger charge is 2.09. The number of rotatable bonds is 5. The quantitative estimate of drug-likeness (QED) is 0.913. The summed E-state index contributed by atoms with van der Waals surface area (Å²) >= 11 is 12.2. The van der Waals surface area contributed by atoms with Crippen molar-refractivity contribution in [1.29, 1.82) is 0 Å². The van der Waals surface area contributed by atoms with Crippen molar-refractivity contribution >= 4 is 23.2 Å². The number of halogens is 2. The summed E-state index contributed by atoms with van der Waals surface area (Å²) in [4.78, 5) is 0. The molecule has 2 aromatic rings. The van der Waals surface area contributed by atoms with Gasteiger partial charge >= 0.3 is 0 Å². The molecule has 0 aliphatic heterocycles. The number of hydrogen-bond acceptors (Lipinski definition) is 2. The van der Waals surface area contributed by atoms with E-state index in [0.29, 0.717) is 5.02 Å². The third-order valence-corrected chi connectivity index (χ3v) is 3.60. The molecule has 0 radical (unpaired) electrons. The minimum absolute atomic E-state index is 0.162. The minimum atomic E-state index is 0.162. The molecule has 1 atom stereocenters. The van der Waals surface area contributed by atoms with Gasteiger partial charge in [-0.25, -0.2) is 0 Å². The van der Waals surface area contributed by atoms with Gasteiger partial charge in [-0.2, -0.15) is 5.10 Å². The summed E-state index contributed by atoms with van der Waals surface area (Å²) in [6.07, 6.45) is 2.84. The summed E-state index contributed by atoms with van der Waals surface area (Å²) in [5, 5.41) is 9.22. The molecule has 2 rings (SSSR count). The first-order valence-corrected chi connectivity index (χ1v) is 6.98. The summed E-state index contributed by atoms with van der Waals surface area (Å²) in [6.45, 7) is 2.93. The summed E-state index contributed by atoms with van der Waals surface area (Å²) in [6, 6.07) is 7.72. The van der Waals surface area contributed by atoms with Crippen LogP contribution in [-0.4, -0.2) is 16.3 Å². The lowest BCUT2D eigenvalue weighted by molar-refractivity contribution is 0.571. The second kappa shape index (κ2) is 6.42. The van der Waals surface area contributed by atoms with Gasteiger partial charge in [0.2, 0.25) is 0 Å². The van der Waals surface area contributed by atoms with Crippen LogP contribution >= 0.6 is 23.2 Å². The Morgan fingerprint density at radius 1 is 1.32 bits per heavy atom. The van der Waals surface area contributed by atoms with Crippen LogP contribution < -0.4 is 5.32 Å². The van der Waals surface area contributed by atoms with E-state index in [-0.39, 0.29) is 6.04 Å². The maximum atomic E-state index is 6.18. The Labute approximate surface area is 123 Å². The molecule has 1 N–H and O–H groups in total. The van der Waals surface area contributed by atoms with Crippen LogP contribution in [0.3, 0.4) is 0 Å². The van der Waals surface area contributed by atoms with Gasteiger partial charge in [0.15, 0.2) is 0 Å². The van der Waals surface area contributed by atoms with E-state index in [0.717, 1.165) is 29.2 Å². The summed E-state index contributed by atoms with van der Waals surface area (Å²) < 4.78 is 1.81. The molecular formula is C14H17Cl2N3. The molecule has 1 aromatic heterocycles. The molecule has 0 saturated carbocycles. The molecule has 0 aliphatic carbocycles. The maximum Gasteiger partial charge on any atom is 0.0637 e. The van der Waals surface area contributed by atoms with E-state index in [1.54, 1.807) is 6.07 Å². The highest BCUT2D eigenvalue weighted by molar-refractivity contribution is 6.33. The molecule has 1 unspecified atom stereocenters. The second-order valence-corrected chi connectivity index (χ2v) is 5.42. The lowest BCUT2D eigenvalue weighted by Gasteiger charge is -2.15. The minimum Gasteiger partial charge on any atom is -0.310 e. The van der Waals surface area contributed by atoms with Crippen molar-refractivity contribution in [2.24, 2.45) is 7.05 Å². The molecule has 5 heteroatoms. The SMILES string of the molecule is CC(NCCc1ccn(C)n1)c1cc(Cl)ccc1Cl. The molecule has 1 aromatic carbocycles. The fourth-order valence-corrected chi connectivity index (χ4v) is 2.43. The highest BCUT2D eigenvalue weighted by atomic mass is 35.5. The van der Waals surface area contributed by atoms with E-state index in [1.807, 2.05) is 36.1 Å². The third-order valence-electron chi connectivity index (χ3n) is 3.03. The van der Waals surface area contributed by atoms with Crippen LogP contribution in [0.2, 0.25) is 10.0 Å². The fraction of sp³-hybridized carbons (Fsp3) is 0.357. The lowest BCUT2D eigenvalue weighted by atomic mass is 10.1. The Bertz CT molecular complexity index is 551. The number of benzene rings is 1. The summed E-state index contributed by atoms with van der Waals surface area (Å²) in [7, 11) is 1.92. The van der Waals surface area contributed by atoms with E-state index < -0.39 is 0 Å². The summed E-state index contributed by atoms with van der Waals surface area (Å²) in [5.74, 6) is 0. The van der Waals surface area contributed by atoms with Crippen LogP contribution in [0.1, 0.15) is 24.2 Å². The monoisotopic (exact) mass is 297 g/mol. The van der Waals surface area contributed by atoms with Crippen LogP contribution in [0, 0.1) is 0 Å². The molecule has 0 saturated heterocycles. The highest BCUT2D eigenvalue weighted by Crippen LogP contribution is 2.25. The first-order chi connectivity index (χ1) is 9.06. The number of aryl methyl sites for hydroxylation is 1. The Kier molecular flexibility index (Phi) is 4.86. The molecule has 0 aliphatic rings. The van der Waals surface area contributed by atoms with Gasteiger partial charge in [-0.1, -0.05) is 23.2 Å². The molecule has 0 fully saturated rings. The first kappa shape index (κ1) is 14.4. The zero-order valence-electron chi connectivity index (χ0n) is 11.0. The van der Waals surface area contributed by atoms with Crippen molar-refractivity contribution in [3.8, 4) is 0 Å². The Morgan fingerprint density at radius 3 is 2.79 bits per heavy atom. The van der Waals surface area contributed by atoms with Gasteiger partial charge in [-0.3, -0.25) is 4.68 Å². The zero-order chi connectivity index (χ0) is 13.8.